The number of hydrogen-bond acceptors (Lipinski definition) is 3. The third kappa shape index (κ3) is 6.08. The highest BCUT2D eigenvalue weighted by Gasteiger charge is 2.26. The van der Waals surface area contributed by atoms with E-state index in [0.717, 1.165) is 12.0 Å². The van der Waals surface area contributed by atoms with Crippen LogP contribution in [-0.4, -0.2) is 18.0 Å². The molecule has 2 N–H and O–H groups in total. The number of amides is 2. The van der Waals surface area contributed by atoms with Crippen LogP contribution in [0.2, 0.25) is 5.02 Å². The Morgan fingerprint density at radius 2 is 1.85 bits per heavy atom. The minimum atomic E-state index is -0.706. The molecule has 6 heteroatoms. The normalized spacial score (nSPS) is 12.7. The van der Waals surface area contributed by atoms with Crippen LogP contribution in [0.5, 0.6) is 0 Å². The van der Waals surface area contributed by atoms with Crippen molar-refractivity contribution in [1.29, 1.82) is 0 Å². The molecule has 0 saturated heterocycles. The van der Waals surface area contributed by atoms with E-state index in [9.17, 15) is 9.59 Å². The maximum absolute atomic E-state index is 12.6. The summed E-state index contributed by atoms with van der Waals surface area (Å²) in [5, 5.41) is 5.98. The standard InChI is InChI=1S/C20H23ClN2O3/c1-3-14(2)18(19(24)22-17-11-7-10-16(21)12-17)23-20(25)26-13-15-8-5-4-6-9-15/h4-12,14,18H,3,13H2,1-2H3,(H,22,24)(H,23,25)/t14-,18+/m0/s1. The lowest BCUT2D eigenvalue weighted by atomic mass is 9.98. The van der Waals surface area contributed by atoms with Gasteiger partial charge in [0.1, 0.15) is 12.6 Å². The number of rotatable bonds is 7. The SMILES string of the molecule is CC[C@H](C)[C@@H](NC(=O)OCc1ccccc1)C(=O)Nc1cccc(Cl)c1. The van der Waals surface area contributed by atoms with E-state index in [1.54, 1.807) is 24.3 Å². The molecular weight excluding hydrogens is 352 g/mol. The smallest absolute Gasteiger partial charge is 0.408 e. The summed E-state index contributed by atoms with van der Waals surface area (Å²) in [5.74, 6) is -0.364. The van der Waals surface area contributed by atoms with E-state index in [4.69, 9.17) is 16.3 Å². The fourth-order valence-electron chi connectivity index (χ4n) is 2.38. The summed E-state index contributed by atoms with van der Waals surface area (Å²) in [4.78, 5) is 24.7. The minimum absolute atomic E-state index is 0.0570. The lowest BCUT2D eigenvalue weighted by Gasteiger charge is -2.23. The summed E-state index contributed by atoms with van der Waals surface area (Å²) >= 11 is 5.94. The molecule has 0 radical (unpaired) electrons. The van der Waals surface area contributed by atoms with Crippen LogP contribution in [0.3, 0.4) is 0 Å². The maximum Gasteiger partial charge on any atom is 0.408 e. The lowest BCUT2D eigenvalue weighted by Crippen LogP contribution is -2.47. The van der Waals surface area contributed by atoms with Crippen LogP contribution in [0.4, 0.5) is 10.5 Å². The quantitative estimate of drug-likeness (QED) is 0.743. The molecule has 0 fully saturated rings. The zero-order valence-corrected chi connectivity index (χ0v) is 15.6. The molecule has 2 amide bonds. The van der Waals surface area contributed by atoms with E-state index in [1.165, 1.54) is 0 Å². The molecule has 2 atom stereocenters. The molecule has 0 aliphatic rings. The van der Waals surface area contributed by atoms with Crippen molar-refractivity contribution < 1.29 is 14.3 Å². The molecule has 5 nitrogen and oxygen atoms in total. The molecule has 0 spiro atoms. The maximum atomic E-state index is 12.6. The van der Waals surface area contributed by atoms with Crippen LogP contribution < -0.4 is 10.6 Å². The number of carbonyl (C=O) groups is 2. The molecule has 0 unspecified atom stereocenters. The van der Waals surface area contributed by atoms with Gasteiger partial charge in [-0.3, -0.25) is 4.79 Å². The summed E-state index contributed by atoms with van der Waals surface area (Å²) in [6, 6.07) is 15.5. The van der Waals surface area contributed by atoms with Crippen molar-refractivity contribution in [2.24, 2.45) is 5.92 Å². The van der Waals surface area contributed by atoms with Gasteiger partial charge in [0.15, 0.2) is 0 Å². The van der Waals surface area contributed by atoms with Gasteiger partial charge >= 0.3 is 6.09 Å². The van der Waals surface area contributed by atoms with Gasteiger partial charge in [0.05, 0.1) is 0 Å². The molecule has 0 heterocycles. The molecule has 2 rings (SSSR count). The first-order valence-corrected chi connectivity index (χ1v) is 8.91. The number of halogens is 1. The van der Waals surface area contributed by atoms with Gasteiger partial charge in [0.25, 0.3) is 0 Å². The zero-order chi connectivity index (χ0) is 18.9. The van der Waals surface area contributed by atoms with Crippen molar-refractivity contribution in [1.82, 2.24) is 5.32 Å². The number of benzene rings is 2. The van der Waals surface area contributed by atoms with Gasteiger partial charge in [-0.2, -0.15) is 0 Å². The Morgan fingerprint density at radius 1 is 1.12 bits per heavy atom. The van der Waals surface area contributed by atoms with Crippen molar-refractivity contribution in [2.75, 3.05) is 5.32 Å². The first-order valence-electron chi connectivity index (χ1n) is 8.53. The van der Waals surface area contributed by atoms with E-state index in [1.807, 2.05) is 44.2 Å². The molecular formula is C20H23ClN2O3. The third-order valence-corrected chi connectivity index (χ3v) is 4.31. The summed E-state index contributed by atoms with van der Waals surface area (Å²) in [6.07, 6.45) is 0.104. The largest absolute Gasteiger partial charge is 0.445 e. The van der Waals surface area contributed by atoms with Crippen LogP contribution in [0.15, 0.2) is 54.6 Å². The molecule has 0 saturated carbocycles. The Balaban J connectivity index is 1.97. The molecule has 2 aromatic rings. The van der Waals surface area contributed by atoms with Crippen molar-refractivity contribution in [3.05, 3.63) is 65.2 Å². The highest BCUT2D eigenvalue weighted by atomic mass is 35.5. The molecule has 2 aromatic carbocycles. The van der Waals surface area contributed by atoms with Crippen LogP contribution in [-0.2, 0) is 16.1 Å². The second kappa shape index (κ2) is 9.82. The van der Waals surface area contributed by atoms with Gasteiger partial charge in [-0.25, -0.2) is 4.79 Å². The first-order chi connectivity index (χ1) is 12.5. The van der Waals surface area contributed by atoms with Crippen LogP contribution in [0.1, 0.15) is 25.8 Å². The number of anilines is 1. The van der Waals surface area contributed by atoms with Crippen molar-refractivity contribution >= 4 is 29.3 Å². The average molecular weight is 375 g/mol. The summed E-state index contributed by atoms with van der Waals surface area (Å²) < 4.78 is 5.22. The van der Waals surface area contributed by atoms with Crippen LogP contribution >= 0.6 is 11.6 Å². The summed E-state index contributed by atoms with van der Waals surface area (Å²) in [7, 11) is 0. The Bertz CT molecular complexity index is 737. The Hall–Kier alpha value is -2.53. The Kier molecular flexibility index (Phi) is 7.48. The topological polar surface area (TPSA) is 67.4 Å². The molecule has 0 aliphatic carbocycles. The molecule has 0 bridgehead atoms. The fourth-order valence-corrected chi connectivity index (χ4v) is 2.57. The van der Waals surface area contributed by atoms with Crippen molar-refractivity contribution in [3.63, 3.8) is 0 Å². The predicted octanol–water partition coefficient (Wildman–Crippen LogP) is 4.62. The number of nitrogens with one attached hydrogen (secondary N) is 2. The number of carbonyl (C=O) groups excluding carboxylic acids is 2. The average Bonchev–Trinajstić information content (AvgIpc) is 2.64. The van der Waals surface area contributed by atoms with E-state index >= 15 is 0 Å². The fraction of sp³-hybridized carbons (Fsp3) is 0.300. The van der Waals surface area contributed by atoms with E-state index < -0.39 is 12.1 Å². The van der Waals surface area contributed by atoms with Gasteiger partial charge in [-0.15, -0.1) is 0 Å². The van der Waals surface area contributed by atoms with Gasteiger partial charge < -0.3 is 15.4 Å². The van der Waals surface area contributed by atoms with E-state index in [-0.39, 0.29) is 18.4 Å². The molecule has 0 aliphatic heterocycles. The summed E-state index contributed by atoms with van der Waals surface area (Å²) in [5.41, 5.74) is 1.46. The van der Waals surface area contributed by atoms with E-state index in [2.05, 4.69) is 10.6 Å². The number of hydrogen-bond donors (Lipinski definition) is 2. The van der Waals surface area contributed by atoms with E-state index in [0.29, 0.717) is 10.7 Å². The van der Waals surface area contributed by atoms with Gasteiger partial charge in [0.2, 0.25) is 5.91 Å². The van der Waals surface area contributed by atoms with Crippen LogP contribution in [0.25, 0.3) is 0 Å². The van der Waals surface area contributed by atoms with Gasteiger partial charge in [0, 0.05) is 10.7 Å². The monoisotopic (exact) mass is 374 g/mol. The molecule has 0 aromatic heterocycles. The minimum Gasteiger partial charge on any atom is -0.445 e. The first kappa shape index (κ1) is 19.8. The predicted molar refractivity (Wildman–Crippen MR) is 103 cm³/mol. The molecule has 26 heavy (non-hydrogen) atoms. The lowest BCUT2D eigenvalue weighted by molar-refractivity contribution is -0.119. The van der Waals surface area contributed by atoms with Gasteiger partial charge in [-0.05, 0) is 29.7 Å². The number of ether oxygens (including phenoxy) is 1. The Morgan fingerprint density at radius 3 is 2.50 bits per heavy atom. The number of alkyl carbamates (subject to hydrolysis) is 1. The highest BCUT2D eigenvalue weighted by Crippen LogP contribution is 2.17. The summed E-state index contributed by atoms with van der Waals surface area (Å²) in [6.45, 7) is 4.01. The van der Waals surface area contributed by atoms with Gasteiger partial charge in [-0.1, -0.05) is 68.3 Å². The molecule has 138 valence electrons. The second-order valence-corrected chi connectivity index (χ2v) is 6.51. The second-order valence-electron chi connectivity index (χ2n) is 6.07. The zero-order valence-electron chi connectivity index (χ0n) is 14.9. The van der Waals surface area contributed by atoms with Crippen LogP contribution in [0, 0.1) is 5.92 Å². The third-order valence-electron chi connectivity index (χ3n) is 4.07. The van der Waals surface area contributed by atoms with Crippen molar-refractivity contribution in [3.8, 4) is 0 Å². The Labute approximate surface area is 158 Å². The highest BCUT2D eigenvalue weighted by molar-refractivity contribution is 6.30. The van der Waals surface area contributed by atoms with Crippen molar-refractivity contribution in [2.45, 2.75) is 32.9 Å².